The first kappa shape index (κ1) is 20.0. The van der Waals surface area contributed by atoms with Crippen molar-refractivity contribution in [1.29, 1.82) is 0 Å². The van der Waals surface area contributed by atoms with Gasteiger partial charge in [-0.1, -0.05) is 68.5 Å². The Hall–Kier alpha value is -2.02. The van der Waals surface area contributed by atoms with E-state index in [4.69, 9.17) is 9.16 Å². The summed E-state index contributed by atoms with van der Waals surface area (Å²) in [4.78, 5) is 23.6. The summed E-state index contributed by atoms with van der Waals surface area (Å²) >= 11 is 0. The lowest BCUT2D eigenvalue weighted by Gasteiger charge is -2.29. The van der Waals surface area contributed by atoms with Crippen LogP contribution >= 0.6 is 0 Å². The molecule has 1 rings (SSSR count). The van der Waals surface area contributed by atoms with E-state index in [2.05, 4.69) is 31.0 Å². The molecule has 0 saturated heterocycles. The number of nitrogens with zero attached hydrogens (tertiary/aromatic N) is 2. The SMILES string of the molecule is CCC[Si](CCC)(CCC)OC(=O)N=NC(=O)Oc1ccccc1. The first-order valence-corrected chi connectivity index (χ1v) is 11.0. The van der Waals surface area contributed by atoms with E-state index >= 15 is 0 Å². The first-order chi connectivity index (χ1) is 11.5. The zero-order chi connectivity index (χ0) is 17.8. The van der Waals surface area contributed by atoms with Crippen LogP contribution in [0.25, 0.3) is 0 Å². The number of carbonyl (C=O) groups excluding carboxylic acids is 2. The van der Waals surface area contributed by atoms with Crippen molar-refractivity contribution >= 4 is 20.5 Å². The molecule has 0 aliphatic rings. The minimum Gasteiger partial charge on any atom is -0.501 e. The zero-order valence-corrected chi connectivity index (χ0v) is 15.7. The Labute approximate surface area is 144 Å². The van der Waals surface area contributed by atoms with Crippen LogP contribution < -0.4 is 4.74 Å². The van der Waals surface area contributed by atoms with E-state index in [1.165, 1.54) is 0 Å². The monoisotopic (exact) mass is 350 g/mol. The Kier molecular flexibility index (Phi) is 8.92. The van der Waals surface area contributed by atoms with Crippen molar-refractivity contribution in [2.75, 3.05) is 0 Å². The molecule has 0 N–H and O–H groups in total. The average Bonchev–Trinajstić information content (AvgIpc) is 2.55. The predicted molar refractivity (Wildman–Crippen MR) is 94.9 cm³/mol. The number of benzene rings is 1. The normalized spacial score (nSPS) is 11.5. The Morgan fingerprint density at radius 3 is 1.88 bits per heavy atom. The summed E-state index contributed by atoms with van der Waals surface area (Å²) in [5.74, 6) is 0.349. The Balaban J connectivity index is 2.65. The number of amides is 2. The van der Waals surface area contributed by atoms with Crippen LogP contribution in [0.4, 0.5) is 9.59 Å². The molecule has 0 fully saturated rings. The van der Waals surface area contributed by atoms with Crippen molar-refractivity contribution in [2.45, 2.75) is 58.2 Å². The van der Waals surface area contributed by atoms with Gasteiger partial charge in [0.05, 0.1) is 0 Å². The summed E-state index contributed by atoms with van der Waals surface area (Å²) in [6.45, 7) is 6.25. The third kappa shape index (κ3) is 7.04. The van der Waals surface area contributed by atoms with E-state index in [9.17, 15) is 9.59 Å². The maximum atomic E-state index is 12.0. The highest BCUT2D eigenvalue weighted by Crippen LogP contribution is 2.28. The molecule has 0 saturated carbocycles. The maximum Gasteiger partial charge on any atom is 0.458 e. The number of ether oxygens (including phenoxy) is 1. The highest BCUT2D eigenvalue weighted by molar-refractivity contribution is 6.75. The molecule has 0 radical (unpaired) electrons. The van der Waals surface area contributed by atoms with Gasteiger partial charge >= 0.3 is 12.2 Å². The summed E-state index contributed by atoms with van der Waals surface area (Å²) in [6, 6.07) is 11.2. The van der Waals surface area contributed by atoms with Gasteiger partial charge in [-0.2, -0.15) is 0 Å². The lowest BCUT2D eigenvalue weighted by Crippen LogP contribution is -2.39. The fourth-order valence-electron chi connectivity index (χ4n) is 2.79. The van der Waals surface area contributed by atoms with Gasteiger partial charge in [-0.05, 0) is 30.3 Å². The molecular formula is C17H26N2O4Si. The second-order valence-electron chi connectivity index (χ2n) is 5.68. The minimum atomic E-state index is -2.16. The molecule has 6 nitrogen and oxygen atoms in total. The fourth-order valence-corrected chi connectivity index (χ4v) is 6.99. The first-order valence-electron chi connectivity index (χ1n) is 8.46. The molecule has 24 heavy (non-hydrogen) atoms. The van der Waals surface area contributed by atoms with Crippen LogP contribution in [0.1, 0.15) is 40.0 Å². The zero-order valence-electron chi connectivity index (χ0n) is 14.7. The molecule has 1 aromatic carbocycles. The smallest absolute Gasteiger partial charge is 0.458 e. The van der Waals surface area contributed by atoms with Crippen LogP contribution in [0, 0.1) is 0 Å². The molecule has 0 heterocycles. The molecule has 0 aromatic heterocycles. The van der Waals surface area contributed by atoms with E-state index in [1.54, 1.807) is 30.3 Å². The molecule has 132 valence electrons. The Morgan fingerprint density at radius 1 is 0.875 bits per heavy atom. The lowest BCUT2D eigenvalue weighted by molar-refractivity contribution is 0.198. The number of azo groups is 1. The van der Waals surface area contributed by atoms with Crippen LogP contribution in [-0.4, -0.2) is 20.5 Å². The molecular weight excluding hydrogens is 324 g/mol. The van der Waals surface area contributed by atoms with Crippen molar-refractivity contribution in [2.24, 2.45) is 10.2 Å². The van der Waals surface area contributed by atoms with Gasteiger partial charge in [0.25, 0.3) is 8.32 Å². The number of hydrogen-bond donors (Lipinski definition) is 0. The van der Waals surface area contributed by atoms with Gasteiger partial charge < -0.3 is 9.16 Å². The van der Waals surface area contributed by atoms with E-state index in [-0.39, 0.29) is 0 Å². The number of carbonyl (C=O) groups is 2. The van der Waals surface area contributed by atoms with Gasteiger partial charge in [0.15, 0.2) is 0 Å². The van der Waals surface area contributed by atoms with Crippen molar-refractivity contribution in [3.8, 4) is 5.75 Å². The van der Waals surface area contributed by atoms with Crippen molar-refractivity contribution in [3.05, 3.63) is 30.3 Å². The fraction of sp³-hybridized carbons (Fsp3) is 0.529. The molecule has 0 spiro atoms. The molecule has 2 amide bonds. The predicted octanol–water partition coefficient (Wildman–Crippen LogP) is 5.95. The summed E-state index contributed by atoms with van der Waals surface area (Å²) in [5.41, 5.74) is 0. The largest absolute Gasteiger partial charge is 0.501 e. The molecule has 0 aliphatic heterocycles. The van der Waals surface area contributed by atoms with Gasteiger partial charge in [0.2, 0.25) is 0 Å². The average molecular weight is 350 g/mol. The third-order valence-corrected chi connectivity index (χ3v) is 8.42. The number of rotatable bonds is 8. The van der Waals surface area contributed by atoms with Gasteiger partial charge in [-0.25, -0.2) is 9.59 Å². The highest BCUT2D eigenvalue weighted by Gasteiger charge is 2.36. The van der Waals surface area contributed by atoms with E-state index < -0.39 is 20.5 Å². The van der Waals surface area contributed by atoms with Crippen molar-refractivity contribution < 1.29 is 18.8 Å². The Morgan fingerprint density at radius 2 is 1.38 bits per heavy atom. The van der Waals surface area contributed by atoms with Gasteiger partial charge in [0, 0.05) is 0 Å². The maximum absolute atomic E-state index is 12.0. The summed E-state index contributed by atoms with van der Waals surface area (Å²) in [7, 11) is -2.16. The summed E-state index contributed by atoms with van der Waals surface area (Å²) < 4.78 is 10.6. The number of para-hydroxylation sites is 1. The highest BCUT2D eigenvalue weighted by atomic mass is 28.4. The van der Waals surface area contributed by atoms with Crippen LogP contribution in [0.15, 0.2) is 40.6 Å². The molecule has 1 aromatic rings. The minimum absolute atomic E-state index is 0.349. The van der Waals surface area contributed by atoms with Crippen LogP contribution in [0.2, 0.25) is 18.1 Å². The quantitative estimate of drug-likeness (QED) is 0.429. The molecule has 0 aliphatic carbocycles. The number of hydrogen-bond acceptors (Lipinski definition) is 4. The van der Waals surface area contributed by atoms with Gasteiger partial charge in [0.1, 0.15) is 5.75 Å². The second kappa shape index (κ2) is 10.7. The van der Waals surface area contributed by atoms with Crippen LogP contribution in [0.5, 0.6) is 5.75 Å². The lowest BCUT2D eigenvalue weighted by atomic mass is 10.3. The summed E-state index contributed by atoms with van der Waals surface area (Å²) in [5, 5.41) is 6.67. The van der Waals surface area contributed by atoms with Crippen LogP contribution in [-0.2, 0) is 4.43 Å². The molecule has 7 heteroatoms. The van der Waals surface area contributed by atoms with E-state index in [1.807, 2.05) is 0 Å². The van der Waals surface area contributed by atoms with Crippen molar-refractivity contribution in [3.63, 3.8) is 0 Å². The third-order valence-electron chi connectivity index (χ3n) is 3.58. The van der Waals surface area contributed by atoms with Crippen LogP contribution in [0.3, 0.4) is 0 Å². The van der Waals surface area contributed by atoms with E-state index in [0.717, 1.165) is 37.4 Å². The van der Waals surface area contributed by atoms with Gasteiger partial charge in [-0.3, -0.25) is 0 Å². The molecule has 0 bridgehead atoms. The van der Waals surface area contributed by atoms with Gasteiger partial charge in [-0.15, -0.1) is 0 Å². The summed E-state index contributed by atoms with van der Waals surface area (Å²) in [6.07, 6.45) is 1.17. The Bertz CT molecular complexity index is 532. The standard InChI is InChI=1S/C17H26N2O4Si/c1-4-12-24(13-5-2,14-6-3)23-17(21)19-18-16(20)22-15-10-8-7-9-11-15/h7-11H,4-6,12-14H2,1-3H3. The van der Waals surface area contributed by atoms with Crippen molar-refractivity contribution in [1.82, 2.24) is 0 Å². The van der Waals surface area contributed by atoms with E-state index in [0.29, 0.717) is 5.75 Å². The molecule has 0 atom stereocenters. The second-order valence-corrected chi connectivity index (χ2v) is 9.75. The topological polar surface area (TPSA) is 77.3 Å². The molecule has 0 unspecified atom stereocenters.